The molecule has 13 heavy (non-hydrogen) atoms. The van der Waals surface area contributed by atoms with Crippen molar-refractivity contribution < 1.29 is 4.39 Å². The van der Waals surface area contributed by atoms with Gasteiger partial charge in [0.05, 0.1) is 0 Å². The Hall–Kier alpha value is -0.610. The van der Waals surface area contributed by atoms with Gasteiger partial charge in [-0.15, -0.1) is 11.3 Å². The van der Waals surface area contributed by atoms with Crippen LogP contribution in [0.4, 0.5) is 9.39 Å². The SMILES string of the molecule is Nc1sc2cccc(CBr)c2c1F. The number of thiophene rings is 1. The van der Waals surface area contributed by atoms with Crippen LogP contribution in [0.15, 0.2) is 18.2 Å². The van der Waals surface area contributed by atoms with Gasteiger partial charge in [-0.1, -0.05) is 28.1 Å². The number of alkyl halides is 1. The lowest BCUT2D eigenvalue weighted by molar-refractivity contribution is 0.647. The van der Waals surface area contributed by atoms with Crippen molar-refractivity contribution in [1.82, 2.24) is 0 Å². The van der Waals surface area contributed by atoms with Crippen LogP contribution in [-0.2, 0) is 5.33 Å². The van der Waals surface area contributed by atoms with E-state index in [4.69, 9.17) is 5.73 Å². The van der Waals surface area contributed by atoms with Crippen molar-refractivity contribution in [2.24, 2.45) is 0 Å². The molecule has 0 saturated heterocycles. The number of nitrogen functional groups attached to an aromatic ring is 1. The minimum atomic E-state index is -0.282. The molecule has 0 aliphatic carbocycles. The van der Waals surface area contributed by atoms with Gasteiger partial charge in [0, 0.05) is 15.4 Å². The fraction of sp³-hybridized carbons (Fsp3) is 0.111. The first-order valence-corrected chi connectivity index (χ1v) is 5.69. The van der Waals surface area contributed by atoms with Crippen molar-refractivity contribution in [2.75, 3.05) is 5.73 Å². The van der Waals surface area contributed by atoms with Gasteiger partial charge in [-0.3, -0.25) is 0 Å². The zero-order valence-electron chi connectivity index (χ0n) is 6.68. The van der Waals surface area contributed by atoms with Gasteiger partial charge in [-0.25, -0.2) is 4.39 Å². The number of rotatable bonds is 1. The molecule has 0 saturated carbocycles. The summed E-state index contributed by atoms with van der Waals surface area (Å²) in [5.74, 6) is -0.282. The molecule has 0 fully saturated rings. The second-order valence-corrected chi connectivity index (χ2v) is 4.35. The first-order chi connectivity index (χ1) is 6.24. The normalized spacial score (nSPS) is 10.9. The van der Waals surface area contributed by atoms with Crippen molar-refractivity contribution in [2.45, 2.75) is 5.33 Å². The van der Waals surface area contributed by atoms with Crippen molar-refractivity contribution in [1.29, 1.82) is 0 Å². The van der Waals surface area contributed by atoms with Crippen molar-refractivity contribution in [3.8, 4) is 0 Å². The van der Waals surface area contributed by atoms with E-state index in [0.717, 1.165) is 10.3 Å². The van der Waals surface area contributed by atoms with Gasteiger partial charge in [0.1, 0.15) is 5.00 Å². The van der Waals surface area contributed by atoms with Crippen LogP contribution in [0.25, 0.3) is 10.1 Å². The summed E-state index contributed by atoms with van der Waals surface area (Å²) < 4.78 is 14.4. The molecule has 0 unspecified atom stereocenters. The number of hydrogen-bond acceptors (Lipinski definition) is 2. The van der Waals surface area contributed by atoms with E-state index >= 15 is 0 Å². The molecule has 2 N–H and O–H groups in total. The molecule has 1 aromatic heterocycles. The number of anilines is 1. The minimum Gasteiger partial charge on any atom is -0.388 e. The van der Waals surface area contributed by atoms with E-state index in [2.05, 4.69) is 15.9 Å². The molecule has 0 atom stereocenters. The lowest BCUT2D eigenvalue weighted by Crippen LogP contribution is -1.84. The van der Waals surface area contributed by atoms with Crippen molar-refractivity contribution >= 4 is 42.4 Å². The van der Waals surface area contributed by atoms with Crippen LogP contribution in [-0.4, -0.2) is 0 Å². The monoisotopic (exact) mass is 259 g/mol. The zero-order chi connectivity index (χ0) is 9.42. The number of benzene rings is 1. The van der Waals surface area contributed by atoms with Gasteiger partial charge in [-0.2, -0.15) is 0 Å². The third-order valence-electron chi connectivity index (χ3n) is 1.91. The summed E-state index contributed by atoms with van der Waals surface area (Å²) in [7, 11) is 0. The second-order valence-electron chi connectivity index (χ2n) is 2.70. The van der Waals surface area contributed by atoms with E-state index < -0.39 is 0 Å². The maximum Gasteiger partial charge on any atom is 0.165 e. The molecule has 68 valence electrons. The standard InChI is InChI=1S/C9H7BrFNS/c10-4-5-2-1-3-6-7(5)8(11)9(12)13-6/h1-3H,4,12H2. The van der Waals surface area contributed by atoms with Crippen LogP contribution < -0.4 is 5.73 Å². The van der Waals surface area contributed by atoms with Crippen LogP contribution >= 0.6 is 27.3 Å². The molecular formula is C9H7BrFNS. The van der Waals surface area contributed by atoms with E-state index in [9.17, 15) is 4.39 Å². The highest BCUT2D eigenvalue weighted by Crippen LogP contribution is 2.34. The summed E-state index contributed by atoms with van der Waals surface area (Å²) in [6, 6.07) is 5.69. The largest absolute Gasteiger partial charge is 0.388 e. The number of halogens is 2. The highest BCUT2D eigenvalue weighted by atomic mass is 79.9. The lowest BCUT2D eigenvalue weighted by atomic mass is 10.1. The summed E-state index contributed by atoms with van der Waals surface area (Å²) in [6.07, 6.45) is 0. The van der Waals surface area contributed by atoms with E-state index in [1.807, 2.05) is 18.2 Å². The Morgan fingerprint density at radius 2 is 2.23 bits per heavy atom. The first-order valence-electron chi connectivity index (χ1n) is 3.75. The van der Waals surface area contributed by atoms with Crippen LogP contribution in [0.1, 0.15) is 5.56 Å². The van der Waals surface area contributed by atoms with E-state index in [1.54, 1.807) is 0 Å². The summed E-state index contributed by atoms with van der Waals surface area (Å²) in [5.41, 5.74) is 6.45. The molecular weight excluding hydrogens is 253 g/mol. The Morgan fingerprint density at radius 1 is 1.46 bits per heavy atom. The average molecular weight is 260 g/mol. The van der Waals surface area contributed by atoms with Gasteiger partial charge < -0.3 is 5.73 Å². The van der Waals surface area contributed by atoms with Gasteiger partial charge in [-0.05, 0) is 11.6 Å². The maximum atomic E-state index is 13.5. The quantitative estimate of drug-likeness (QED) is 0.780. The van der Waals surface area contributed by atoms with Gasteiger partial charge in [0.25, 0.3) is 0 Å². The Morgan fingerprint density at radius 3 is 2.92 bits per heavy atom. The first kappa shape index (κ1) is 8.97. The molecule has 1 nitrogen and oxygen atoms in total. The molecule has 1 heterocycles. The van der Waals surface area contributed by atoms with E-state index in [1.165, 1.54) is 11.3 Å². The average Bonchev–Trinajstić information content (AvgIpc) is 2.43. The molecule has 0 spiro atoms. The van der Waals surface area contributed by atoms with Crippen LogP contribution in [0.3, 0.4) is 0 Å². The third-order valence-corrected chi connectivity index (χ3v) is 3.48. The Bertz CT molecular complexity index is 452. The smallest absolute Gasteiger partial charge is 0.165 e. The summed E-state index contributed by atoms with van der Waals surface area (Å²) in [5, 5.41) is 1.57. The predicted octanol–water partition coefficient (Wildman–Crippen LogP) is 3.52. The molecule has 4 heteroatoms. The highest BCUT2D eigenvalue weighted by molar-refractivity contribution is 9.08. The van der Waals surface area contributed by atoms with Crippen molar-refractivity contribution in [3.05, 3.63) is 29.6 Å². The predicted molar refractivity (Wildman–Crippen MR) is 58.8 cm³/mol. The molecule has 0 radical (unpaired) electrons. The highest BCUT2D eigenvalue weighted by Gasteiger charge is 2.11. The topological polar surface area (TPSA) is 26.0 Å². The summed E-state index contributed by atoms with van der Waals surface area (Å²) >= 11 is 4.61. The van der Waals surface area contributed by atoms with Crippen molar-refractivity contribution in [3.63, 3.8) is 0 Å². The van der Waals surface area contributed by atoms with Gasteiger partial charge in [0.2, 0.25) is 0 Å². The van der Waals surface area contributed by atoms with Gasteiger partial charge in [0.15, 0.2) is 5.82 Å². The Kier molecular flexibility index (Phi) is 2.26. The molecule has 0 aliphatic rings. The van der Waals surface area contributed by atoms with E-state index in [0.29, 0.717) is 10.7 Å². The fourth-order valence-electron chi connectivity index (χ4n) is 1.31. The Balaban J connectivity index is 2.87. The second kappa shape index (κ2) is 3.27. The molecule has 2 aromatic rings. The zero-order valence-corrected chi connectivity index (χ0v) is 9.08. The molecule has 0 aliphatic heterocycles. The molecule has 0 bridgehead atoms. The van der Waals surface area contributed by atoms with E-state index in [-0.39, 0.29) is 10.8 Å². The maximum absolute atomic E-state index is 13.5. The van der Waals surface area contributed by atoms with Gasteiger partial charge >= 0.3 is 0 Å². The summed E-state index contributed by atoms with van der Waals surface area (Å²) in [4.78, 5) is 0. The lowest BCUT2D eigenvalue weighted by Gasteiger charge is -1.96. The Labute approximate surface area is 87.5 Å². The fourth-order valence-corrected chi connectivity index (χ4v) is 2.67. The van der Waals surface area contributed by atoms with Crippen LogP contribution in [0.2, 0.25) is 0 Å². The minimum absolute atomic E-state index is 0.267. The summed E-state index contributed by atoms with van der Waals surface area (Å²) in [6.45, 7) is 0. The van der Waals surface area contributed by atoms with Crippen LogP contribution in [0, 0.1) is 5.82 Å². The third kappa shape index (κ3) is 1.34. The molecule has 2 rings (SSSR count). The molecule has 0 amide bonds. The molecule has 1 aromatic carbocycles. The number of fused-ring (bicyclic) bond motifs is 1. The number of hydrogen-bond donors (Lipinski definition) is 1. The van der Waals surface area contributed by atoms with Crippen LogP contribution in [0.5, 0.6) is 0 Å². The number of nitrogens with two attached hydrogens (primary N) is 1.